The highest BCUT2D eigenvalue weighted by atomic mass is 16.5. The second-order valence-corrected chi connectivity index (χ2v) is 16.7. The van der Waals surface area contributed by atoms with E-state index in [9.17, 15) is 19.2 Å². The minimum Gasteiger partial charge on any atom is -0.453 e. The van der Waals surface area contributed by atoms with E-state index in [0.29, 0.717) is 31.3 Å². The van der Waals surface area contributed by atoms with Crippen LogP contribution in [-0.4, -0.2) is 94.9 Å². The van der Waals surface area contributed by atoms with Gasteiger partial charge in [0, 0.05) is 31.4 Å². The number of nitrogens with one attached hydrogen (secondary N) is 3. The Morgan fingerprint density at radius 2 is 1.29 bits per heavy atom. The highest BCUT2D eigenvalue weighted by molar-refractivity contribution is 6.04. The number of benzene rings is 3. The Hall–Kier alpha value is -5.98. The van der Waals surface area contributed by atoms with E-state index in [2.05, 4.69) is 70.2 Å². The molecule has 59 heavy (non-hydrogen) atoms. The molecule has 4 aromatic rings. The number of aromatic nitrogens is 2. The summed E-state index contributed by atoms with van der Waals surface area (Å²) in [6.45, 7) is 4.62. The fourth-order valence-electron chi connectivity index (χ4n) is 10.4. The summed E-state index contributed by atoms with van der Waals surface area (Å²) < 4.78 is 9.39. The number of alkyl carbamates (subject to hydrolysis) is 2. The highest BCUT2D eigenvalue weighted by Gasteiger charge is 2.41. The summed E-state index contributed by atoms with van der Waals surface area (Å²) in [7, 11) is 2.58. The molecule has 2 unspecified atom stereocenters. The molecule has 2 aliphatic carbocycles. The van der Waals surface area contributed by atoms with E-state index >= 15 is 0 Å². The minimum atomic E-state index is -0.701. The molecule has 3 N–H and O–H groups in total. The van der Waals surface area contributed by atoms with Crippen LogP contribution in [0.5, 0.6) is 0 Å². The summed E-state index contributed by atoms with van der Waals surface area (Å²) in [5.41, 5.74) is 13.0. The lowest BCUT2D eigenvalue weighted by Gasteiger charge is -2.28. The Kier molecular flexibility index (Phi) is 10.2. The zero-order chi connectivity index (χ0) is 40.9. The first-order chi connectivity index (χ1) is 28.6. The van der Waals surface area contributed by atoms with Gasteiger partial charge in [-0.2, -0.15) is 0 Å². The fourth-order valence-corrected chi connectivity index (χ4v) is 10.4. The second-order valence-electron chi connectivity index (χ2n) is 16.7. The van der Waals surface area contributed by atoms with E-state index in [-0.39, 0.29) is 23.9 Å². The van der Waals surface area contributed by atoms with Crippen LogP contribution < -0.4 is 10.6 Å². The maximum absolute atomic E-state index is 13.3. The third-order valence-corrected chi connectivity index (χ3v) is 13.2. The van der Waals surface area contributed by atoms with Gasteiger partial charge in [-0.1, -0.05) is 42.5 Å². The molecule has 3 aliphatic heterocycles. The van der Waals surface area contributed by atoms with Gasteiger partial charge in [0.2, 0.25) is 11.8 Å². The van der Waals surface area contributed by atoms with Gasteiger partial charge < -0.3 is 34.9 Å². The van der Waals surface area contributed by atoms with Crippen LogP contribution in [0.2, 0.25) is 0 Å². The molecule has 1 aromatic heterocycles. The first-order valence-corrected chi connectivity index (χ1v) is 20.9. The maximum Gasteiger partial charge on any atom is 0.407 e. The van der Waals surface area contributed by atoms with Crippen LogP contribution in [0.1, 0.15) is 106 Å². The number of aliphatic imine (C=N–C) groups is 1. The Labute approximate surface area is 343 Å². The van der Waals surface area contributed by atoms with Gasteiger partial charge in [0.05, 0.1) is 37.3 Å². The third kappa shape index (κ3) is 7.03. The minimum absolute atomic E-state index is 0.0783. The van der Waals surface area contributed by atoms with Crippen molar-refractivity contribution in [2.45, 2.75) is 101 Å². The Balaban J connectivity index is 0.923. The second kappa shape index (κ2) is 15.6. The Morgan fingerprint density at radius 3 is 1.92 bits per heavy atom. The lowest BCUT2D eigenvalue weighted by atomic mass is 9.81. The number of ether oxygens (including phenoxy) is 2. The van der Waals surface area contributed by atoms with Crippen LogP contribution in [0, 0.1) is 0 Å². The van der Waals surface area contributed by atoms with Crippen LogP contribution in [0.15, 0.2) is 65.8 Å². The number of hydrogen-bond donors (Lipinski definition) is 3. The number of carbonyl (C=O) groups is 4. The number of amides is 4. The Morgan fingerprint density at radius 1 is 0.729 bits per heavy atom. The normalized spacial score (nSPS) is 22.8. The molecule has 0 radical (unpaired) electrons. The van der Waals surface area contributed by atoms with Crippen molar-refractivity contribution >= 4 is 46.3 Å². The third-order valence-electron chi connectivity index (χ3n) is 13.2. The number of rotatable bonds is 9. The van der Waals surface area contributed by atoms with Gasteiger partial charge >= 0.3 is 12.2 Å². The maximum atomic E-state index is 13.3. The number of aromatic amines is 1. The summed E-state index contributed by atoms with van der Waals surface area (Å²) in [4.78, 5) is 67.1. The van der Waals surface area contributed by atoms with Gasteiger partial charge in [-0.15, -0.1) is 0 Å². The Bertz CT molecular complexity index is 2400. The number of nitrogens with zero attached hydrogens (tertiary/aromatic N) is 4. The molecule has 0 spiro atoms. The molecule has 3 fully saturated rings. The molecule has 3 aromatic carbocycles. The van der Waals surface area contributed by atoms with Gasteiger partial charge in [-0.3, -0.25) is 14.6 Å². The van der Waals surface area contributed by atoms with E-state index in [0.717, 1.165) is 65.0 Å². The van der Waals surface area contributed by atoms with Gasteiger partial charge in [0.15, 0.2) is 0 Å². The molecule has 9 rings (SSSR count). The van der Waals surface area contributed by atoms with Crippen LogP contribution in [0.25, 0.3) is 38.9 Å². The summed E-state index contributed by atoms with van der Waals surface area (Å²) in [6.07, 6.45) is 8.42. The van der Waals surface area contributed by atoms with E-state index in [1.54, 1.807) is 13.8 Å². The summed E-state index contributed by atoms with van der Waals surface area (Å²) in [6, 6.07) is 18.3. The van der Waals surface area contributed by atoms with E-state index in [1.165, 1.54) is 61.3 Å². The van der Waals surface area contributed by atoms with Gasteiger partial charge in [-0.25, -0.2) is 14.6 Å². The number of imidazole rings is 1. The molecule has 1 saturated carbocycles. The summed E-state index contributed by atoms with van der Waals surface area (Å²) in [5, 5.41) is 5.21. The molecule has 2 bridgehead atoms. The van der Waals surface area contributed by atoms with Crippen LogP contribution >= 0.6 is 0 Å². The van der Waals surface area contributed by atoms with E-state index < -0.39 is 24.3 Å². The van der Waals surface area contributed by atoms with Gasteiger partial charge in [0.1, 0.15) is 17.9 Å². The predicted molar refractivity (Wildman–Crippen MR) is 225 cm³/mol. The topological polar surface area (TPSA) is 158 Å². The van der Waals surface area contributed by atoms with Crippen molar-refractivity contribution in [3.05, 3.63) is 83.3 Å². The van der Waals surface area contributed by atoms with Crippen molar-refractivity contribution in [3.63, 3.8) is 0 Å². The first kappa shape index (κ1) is 38.5. The molecule has 4 heterocycles. The number of methoxy groups -OCH3 is 2. The lowest BCUT2D eigenvalue weighted by molar-refractivity contribution is -0.134. The highest BCUT2D eigenvalue weighted by Crippen LogP contribution is 2.58. The van der Waals surface area contributed by atoms with Crippen molar-refractivity contribution < 1.29 is 28.7 Å². The van der Waals surface area contributed by atoms with Gasteiger partial charge in [0.25, 0.3) is 0 Å². The molecule has 6 atom stereocenters. The van der Waals surface area contributed by atoms with Gasteiger partial charge in [-0.05, 0) is 127 Å². The van der Waals surface area contributed by atoms with Crippen LogP contribution in [0.3, 0.4) is 0 Å². The van der Waals surface area contributed by atoms with Crippen molar-refractivity contribution in [1.29, 1.82) is 0 Å². The zero-order valence-electron chi connectivity index (χ0n) is 34.0. The number of carbonyl (C=O) groups excluding carboxylic acids is 4. The monoisotopic (exact) mass is 797 g/mol. The van der Waals surface area contributed by atoms with Crippen molar-refractivity contribution in [1.82, 2.24) is 30.4 Å². The van der Waals surface area contributed by atoms with Crippen molar-refractivity contribution in [2.24, 2.45) is 4.99 Å². The van der Waals surface area contributed by atoms with E-state index in [1.807, 2.05) is 16.0 Å². The molecule has 5 aliphatic rings. The zero-order valence-corrected chi connectivity index (χ0v) is 34.0. The summed E-state index contributed by atoms with van der Waals surface area (Å²) >= 11 is 0. The molecular formula is C46H51N7O6. The van der Waals surface area contributed by atoms with E-state index in [4.69, 9.17) is 19.5 Å². The molecule has 306 valence electrons. The smallest absolute Gasteiger partial charge is 0.407 e. The first-order valence-electron chi connectivity index (χ1n) is 20.9. The molecule has 2 saturated heterocycles. The lowest BCUT2D eigenvalue weighted by Crippen LogP contribution is -2.50. The SMILES string of the molecule is COC(=O)N[C@@H](C)C(=O)N1CCC[C@H]1C1=NC=C(c2ccc(-c3ccc(-c4ccc5nc([C@@H]6CCCN6C(=O)[C@H](C)NC(=O)OC)[nH]c5c4)c4c3C3CCC4C3)cc2)C1. The molecule has 13 nitrogen and oxygen atoms in total. The number of likely N-dealkylation sites (tertiary alicyclic amines) is 2. The van der Waals surface area contributed by atoms with Crippen LogP contribution in [-0.2, 0) is 19.1 Å². The predicted octanol–water partition coefficient (Wildman–Crippen LogP) is 7.59. The summed E-state index contributed by atoms with van der Waals surface area (Å²) in [5.74, 6) is 1.58. The molecular weight excluding hydrogens is 747 g/mol. The molecule has 4 amide bonds. The van der Waals surface area contributed by atoms with Crippen LogP contribution in [0.4, 0.5) is 9.59 Å². The average molecular weight is 798 g/mol. The molecule has 13 heteroatoms. The quantitative estimate of drug-likeness (QED) is 0.157. The van der Waals surface area contributed by atoms with Crippen molar-refractivity contribution in [2.75, 3.05) is 27.3 Å². The fraction of sp³-hybridized carbons (Fsp3) is 0.435. The number of H-pyrrole nitrogens is 1. The number of hydrogen-bond acceptors (Lipinski definition) is 8. The largest absolute Gasteiger partial charge is 0.453 e. The number of fused-ring (bicyclic) bond motifs is 6. The standard InChI is InChI=1S/C46H51N7O6/c1-25(48-45(56)58-3)43(54)52-19-5-7-38(52)37-23-32(24-47-37)27-9-11-28(12-10-27)33-16-17-34(41-31-14-13-30(21-31)40(33)41)29-15-18-35-36(22-29)51-42(50-35)39-8-6-20-53(39)44(55)26(2)49-46(57)59-4/h9-12,15-18,22,24-26,30-31,38-39H,5-8,13-14,19-21,23H2,1-4H3,(H,48,56)(H,49,57)(H,50,51)/t25-,26-,30?,31?,38-,39-/m0/s1. The number of allylic oxidation sites excluding steroid dienone is 1. The average Bonchev–Trinajstić information content (AvgIpc) is 4.12. The van der Waals surface area contributed by atoms with Crippen molar-refractivity contribution in [3.8, 4) is 22.3 Å².